The molecule has 0 saturated carbocycles. The first-order valence-electron chi connectivity index (χ1n) is 10.3. The number of imide groups is 1. The van der Waals surface area contributed by atoms with Crippen LogP contribution in [0, 0.1) is 22.0 Å². The minimum absolute atomic E-state index is 0.0607. The van der Waals surface area contributed by atoms with Gasteiger partial charge in [-0.15, -0.1) is 11.3 Å². The highest BCUT2D eigenvalue weighted by Gasteiger charge is 2.71. The van der Waals surface area contributed by atoms with Crippen LogP contribution in [0.4, 0.5) is 5.69 Å². The van der Waals surface area contributed by atoms with Crippen LogP contribution in [-0.2, 0) is 25.6 Å². The minimum atomic E-state index is -2.01. The number of rotatable bonds is 6. The molecule has 2 fully saturated rings. The lowest BCUT2D eigenvalue weighted by molar-refractivity contribution is -0.385. The fourth-order valence-corrected chi connectivity index (χ4v) is 5.74. The van der Waals surface area contributed by atoms with Gasteiger partial charge in [0.25, 0.3) is 5.69 Å². The van der Waals surface area contributed by atoms with E-state index < -0.39 is 52.0 Å². The molecule has 0 spiro atoms. The summed E-state index contributed by atoms with van der Waals surface area (Å²) in [5.41, 5.74) is -2.03. The number of carboxylic acid groups (broad SMARTS) is 1. The smallest absolute Gasteiger partial charge is 0.330 e. The summed E-state index contributed by atoms with van der Waals surface area (Å²) in [6.07, 6.45) is -0.120. The molecular weight excluding hydrogens is 450 g/mol. The first-order chi connectivity index (χ1) is 15.6. The molecule has 2 aliphatic heterocycles. The lowest BCUT2D eigenvalue weighted by atomic mass is 9.80. The van der Waals surface area contributed by atoms with Crippen LogP contribution in [0.15, 0.2) is 41.8 Å². The molecule has 4 atom stereocenters. The third kappa shape index (κ3) is 3.30. The molecule has 33 heavy (non-hydrogen) atoms. The number of hydrogen-bond acceptors (Lipinski definition) is 7. The Labute approximate surface area is 192 Å². The van der Waals surface area contributed by atoms with Crippen LogP contribution in [0.5, 0.6) is 0 Å². The number of fused-ring (bicyclic) bond motifs is 1. The lowest BCUT2D eigenvalue weighted by Crippen LogP contribution is -2.57. The molecule has 3 amide bonds. The molecular formula is C22H21N3O7S. The maximum atomic E-state index is 13.5. The molecule has 0 aliphatic carbocycles. The van der Waals surface area contributed by atoms with E-state index in [4.69, 9.17) is 0 Å². The SMILES string of the molecule is CCN1C(=O)C2C(c3cccc([N+](=O)[O-])c3)N(C(=O)Cc3cccs3)C(C)(C(=O)O)C2C1=O. The molecule has 1 N–H and O–H groups in total. The predicted molar refractivity (Wildman–Crippen MR) is 116 cm³/mol. The van der Waals surface area contributed by atoms with E-state index in [-0.39, 0.29) is 24.2 Å². The third-order valence-corrected chi connectivity index (χ3v) is 7.39. The zero-order valence-electron chi connectivity index (χ0n) is 17.8. The lowest BCUT2D eigenvalue weighted by Gasteiger charge is -2.38. The Morgan fingerprint density at radius 1 is 1.21 bits per heavy atom. The summed E-state index contributed by atoms with van der Waals surface area (Å²) in [6.45, 7) is 2.95. The van der Waals surface area contributed by atoms with Crippen molar-refractivity contribution in [1.29, 1.82) is 0 Å². The molecule has 2 aliphatic rings. The number of benzene rings is 1. The molecule has 1 aromatic heterocycles. The van der Waals surface area contributed by atoms with Crippen LogP contribution in [-0.4, -0.2) is 55.6 Å². The third-order valence-electron chi connectivity index (χ3n) is 6.51. The summed E-state index contributed by atoms with van der Waals surface area (Å²) in [5, 5.41) is 23.4. The summed E-state index contributed by atoms with van der Waals surface area (Å²) >= 11 is 1.32. The summed E-state index contributed by atoms with van der Waals surface area (Å²) in [7, 11) is 0. The second-order valence-corrected chi connectivity index (χ2v) is 9.23. The van der Waals surface area contributed by atoms with Crippen molar-refractivity contribution >= 4 is 40.7 Å². The molecule has 4 unspecified atom stereocenters. The van der Waals surface area contributed by atoms with Crippen molar-refractivity contribution in [3.8, 4) is 0 Å². The van der Waals surface area contributed by atoms with Gasteiger partial charge in [0.05, 0.1) is 29.2 Å². The number of carbonyl (C=O) groups excluding carboxylic acids is 3. The standard InChI is InChI=1S/C22H21N3O7S/c1-3-23-19(27)16-17(20(23)28)22(2,21(29)30)24(15(26)11-14-8-5-9-33-14)18(16)12-6-4-7-13(10-12)25(31)32/h4-10,16-18H,3,11H2,1-2H3,(H,29,30). The zero-order valence-corrected chi connectivity index (χ0v) is 18.7. The molecule has 172 valence electrons. The van der Waals surface area contributed by atoms with Gasteiger partial charge < -0.3 is 10.0 Å². The monoisotopic (exact) mass is 471 g/mol. The van der Waals surface area contributed by atoms with Gasteiger partial charge in [-0.1, -0.05) is 18.2 Å². The van der Waals surface area contributed by atoms with Crippen molar-refractivity contribution in [2.45, 2.75) is 31.8 Å². The van der Waals surface area contributed by atoms with Crippen molar-refractivity contribution < 1.29 is 29.2 Å². The molecule has 2 aromatic rings. The number of amides is 3. The molecule has 11 heteroatoms. The number of nitro benzene ring substituents is 1. The molecule has 10 nitrogen and oxygen atoms in total. The van der Waals surface area contributed by atoms with Gasteiger partial charge in [0.1, 0.15) is 0 Å². The van der Waals surface area contributed by atoms with Crippen molar-refractivity contribution in [1.82, 2.24) is 9.80 Å². The van der Waals surface area contributed by atoms with E-state index >= 15 is 0 Å². The number of nitrogens with zero attached hydrogens (tertiary/aromatic N) is 3. The van der Waals surface area contributed by atoms with Gasteiger partial charge in [-0.3, -0.25) is 29.4 Å². The largest absolute Gasteiger partial charge is 0.479 e. The van der Waals surface area contributed by atoms with Gasteiger partial charge in [0.15, 0.2) is 5.54 Å². The number of thiophene rings is 1. The number of carboxylic acids is 1. The highest BCUT2D eigenvalue weighted by Crippen LogP contribution is 2.55. The second-order valence-electron chi connectivity index (χ2n) is 8.19. The van der Waals surface area contributed by atoms with Crippen LogP contribution in [0.1, 0.15) is 30.3 Å². The van der Waals surface area contributed by atoms with Gasteiger partial charge >= 0.3 is 5.97 Å². The Morgan fingerprint density at radius 3 is 2.52 bits per heavy atom. The average molecular weight is 471 g/mol. The summed E-state index contributed by atoms with van der Waals surface area (Å²) in [4.78, 5) is 66.1. The second kappa shape index (κ2) is 8.07. The summed E-state index contributed by atoms with van der Waals surface area (Å²) in [5.74, 6) is -5.69. The molecule has 0 bridgehead atoms. The van der Waals surface area contributed by atoms with Crippen molar-refractivity contribution in [3.63, 3.8) is 0 Å². The Morgan fingerprint density at radius 2 is 1.94 bits per heavy atom. The minimum Gasteiger partial charge on any atom is -0.479 e. The van der Waals surface area contributed by atoms with E-state index in [9.17, 15) is 34.4 Å². The van der Waals surface area contributed by atoms with Crippen molar-refractivity contribution in [3.05, 3.63) is 62.3 Å². The quantitative estimate of drug-likeness (QED) is 0.387. The zero-order chi connectivity index (χ0) is 24.1. The fourth-order valence-electron chi connectivity index (χ4n) is 5.05. The molecule has 3 heterocycles. The highest BCUT2D eigenvalue weighted by atomic mass is 32.1. The first-order valence-corrected chi connectivity index (χ1v) is 11.2. The molecule has 0 radical (unpaired) electrons. The van der Waals surface area contributed by atoms with Gasteiger partial charge in [-0.2, -0.15) is 0 Å². The number of likely N-dealkylation sites (tertiary alicyclic amines) is 2. The number of non-ortho nitro benzene ring substituents is 1. The topological polar surface area (TPSA) is 138 Å². The summed E-state index contributed by atoms with van der Waals surface area (Å²) < 4.78 is 0. The highest BCUT2D eigenvalue weighted by molar-refractivity contribution is 7.10. The van der Waals surface area contributed by atoms with E-state index in [1.54, 1.807) is 24.4 Å². The number of aliphatic carboxylic acids is 1. The first kappa shape index (κ1) is 22.6. The van der Waals surface area contributed by atoms with Gasteiger partial charge in [-0.05, 0) is 30.9 Å². The Kier molecular flexibility index (Phi) is 5.52. The maximum absolute atomic E-state index is 13.5. The number of carbonyl (C=O) groups is 4. The molecule has 4 rings (SSSR count). The van der Waals surface area contributed by atoms with Crippen molar-refractivity contribution in [2.24, 2.45) is 11.8 Å². The van der Waals surface area contributed by atoms with Gasteiger partial charge in [-0.25, -0.2) is 4.79 Å². The van der Waals surface area contributed by atoms with Crippen LogP contribution in [0.2, 0.25) is 0 Å². The normalized spacial score (nSPS) is 26.5. The van der Waals surface area contributed by atoms with E-state index in [1.165, 1.54) is 42.5 Å². The van der Waals surface area contributed by atoms with E-state index in [1.807, 2.05) is 0 Å². The van der Waals surface area contributed by atoms with Crippen LogP contribution in [0.25, 0.3) is 0 Å². The molecule has 2 saturated heterocycles. The van der Waals surface area contributed by atoms with E-state index in [2.05, 4.69) is 0 Å². The van der Waals surface area contributed by atoms with Crippen molar-refractivity contribution in [2.75, 3.05) is 6.54 Å². The Bertz CT molecular complexity index is 1160. The van der Waals surface area contributed by atoms with Crippen LogP contribution >= 0.6 is 11.3 Å². The van der Waals surface area contributed by atoms with Gasteiger partial charge in [0.2, 0.25) is 17.7 Å². The van der Waals surface area contributed by atoms with E-state index in [0.717, 1.165) is 9.80 Å². The fraction of sp³-hybridized carbons (Fsp3) is 0.364. The van der Waals surface area contributed by atoms with Crippen LogP contribution < -0.4 is 0 Å². The number of nitro groups is 1. The predicted octanol–water partition coefficient (Wildman–Crippen LogP) is 2.25. The molecule has 1 aromatic carbocycles. The van der Waals surface area contributed by atoms with Gasteiger partial charge in [0, 0.05) is 23.6 Å². The Hall–Kier alpha value is -3.60. The Balaban J connectivity index is 1.92. The maximum Gasteiger partial charge on any atom is 0.330 e. The van der Waals surface area contributed by atoms with E-state index in [0.29, 0.717) is 4.88 Å². The summed E-state index contributed by atoms with van der Waals surface area (Å²) in [6, 6.07) is 7.77. The average Bonchev–Trinajstić information content (AvgIpc) is 3.44. The number of hydrogen-bond donors (Lipinski definition) is 1. The van der Waals surface area contributed by atoms with Crippen LogP contribution in [0.3, 0.4) is 0 Å².